The number of hydrogen-bond acceptors (Lipinski definition) is 1. The van der Waals surface area contributed by atoms with Crippen molar-refractivity contribution in [2.24, 2.45) is 0 Å². The molecule has 0 spiro atoms. The van der Waals surface area contributed by atoms with Crippen molar-refractivity contribution in [3.8, 4) is 0 Å². The Balaban J connectivity index is 3.53. The Morgan fingerprint density at radius 3 is 2.82 bits per heavy atom. The topological polar surface area (TPSA) is 37.2 Å². The molecule has 0 saturated carbocycles. The number of H-pyrrole nitrogens is 1. The van der Waals surface area contributed by atoms with Gasteiger partial charge in [0.2, 0.25) is 0 Å². The Morgan fingerprint density at radius 2 is 2.36 bits per heavy atom. The third-order valence-corrected chi connectivity index (χ3v) is 1.50. The number of hydrogen-bond donors (Lipinski definition) is 1. The molecule has 0 radical (unpaired) electrons. The van der Waals surface area contributed by atoms with Gasteiger partial charge < -0.3 is 4.98 Å². The van der Waals surface area contributed by atoms with Crippen molar-refractivity contribution in [1.29, 1.82) is 0 Å². The van der Waals surface area contributed by atoms with Gasteiger partial charge >= 0.3 is 0 Å². The van der Waals surface area contributed by atoms with Crippen LogP contribution in [-0.4, -0.2) is 4.98 Å². The van der Waals surface area contributed by atoms with Gasteiger partial charge in [-0.2, -0.15) is 0 Å². The summed E-state index contributed by atoms with van der Waals surface area (Å²) in [5.74, 6) is 0. The van der Waals surface area contributed by atoms with Crippen LogP contribution in [-0.2, 0) is 0 Å². The van der Waals surface area contributed by atoms with Crippen LogP contribution < -0.4 is 5.56 Å². The zero-order chi connectivity index (χ0) is 8.43. The third kappa shape index (κ3) is 1.41. The summed E-state index contributed by atoms with van der Waals surface area (Å²) in [5.41, 5.74) is 0.190. The summed E-state index contributed by atoms with van der Waals surface area (Å²) in [5, 5.41) is 0.209. The van der Waals surface area contributed by atoms with E-state index in [4.69, 9.17) is 18.2 Å². The Morgan fingerprint density at radius 1 is 1.73 bits per heavy atom. The lowest BCUT2D eigenvalue weighted by Crippen LogP contribution is -2.05. The van der Waals surface area contributed by atoms with Crippen LogP contribution >= 0.6 is 11.6 Å². The lowest BCUT2D eigenvalue weighted by Gasteiger charge is -1.94. The molecule has 0 fully saturated rings. The third-order valence-electron chi connectivity index (χ3n) is 1.21. The minimum Gasteiger partial charge on any atom is -0.335 e. The SMILES string of the molecule is [C-]#[N+]c1c(Cl)cc(C)[nH]c1=O. The van der Waals surface area contributed by atoms with Crippen LogP contribution in [0.1, 0.15) is 5.69 Å². The fourth-order valence-electron chi connectivity index (χ4n) is 0.745. The fraction of sp³-hybridized carbons (Fsp3) is 0.143. The monoisotopic (exact) mass is 168 g/mol. The second kappa shape index (κ2) is 2.77. The zero-order valence-electron chi connectivity index (χ0n) is 5.81. The summed E-state index contributed by atoms with van der Waals surface area (Å²) in [4.78, 5) is 16.4. The van der Waals surface area contributed by atoms with Crippen LogP contribution in [0.3, 0.4) is 0 Å². The predicted octanol–water partition coefficient (Wildman–Crippen LogP) is 1.89. The van der Waals surface area contributed by atoms with Crippen LogP contribution in [0, 0.1) is 13.5 Å². The molecule has 1 heterocycles. The molecule has 0 saturated heterocycles. The maximum Gasteiger partial charge on any atom is 0.268 e. The van der Waals surface area contributed by atoms with Crippen molar-refractivity contribution in [2.45, 2.75) is 6.92 Å². The molecule has 0 aromatic carbocycles. The molecule has 4 heteroatoms. The number of rotatable bonds is 0. The van der Waals surface area contributed by atoms with Gasteiger partial charge in [0.25, 0.3) is 11.2 Å². The van der Waals surface area contributed by atoms with Crippen molar-refractivity contribution < 1.29 is 0 Å². The molecule has 1 aromatic heterocycles. The van der Waals surface area contributed by atoms with Crippen LogP contribution in [0.4, 0.5) is 5.69 Å². The Hall–Kier alpha value is -1.27. The maximum atomic E-state index is 10.9. The van der Waals surface area contributed by atoms with Gasteiger partial charge in [0.05, 0.1) is 11.6 Å². The Labute approximate surface area is 68.4 Å². The lowest BCUT2D eigenvalue weighted by atomic mass is 10.3. The van der Waals surface area contributed by atoms with E-state index in [0.29, 0.717) is 5.69 Å². The normalized spacial score (nSPS) is 9.18. The fourth-order valence-corrected chi connectivity index (χ4v) is 1.04. The molecule has 0 bridgehead atoms. The first kappa shape index (κ1) is 7.83. The molecule has 56 valence electrons. The highest BCUT2D eigenvalue weighted by Gasteiger charge is 2.04. The molecular formula is C7H5ClN2O. The average Bonchev–Trinajstić information content (AvgIpc) is 1.85. The smallest absolute Gasteiger partial charge is 0.268 e. The van der Waals surface area contributed by atoms with Crippen LogP contribution in [0.2, 0.25) is 5.02 Å². The number of aromatic amines is 1. The summed E-state index contributed by atoms with van der Waals surface area (Å²) in [6.45, 7) is 8.33. The van der Waals surface area contributed by atoms with Gasteiger partial charge in [-0.1, -0.05) is 11.6 Å². The number of nitrogens with zero attached hydrogens (tertiary/aromatic N) is 1. The second-order valence-electron chi connectivity index (χ2n) is 2.09. The molecule has 0 aliphatic heterocycles. The Kier molecular flexibility index (Phi) is 1.97. The molecule has 3 nitrogen and oxygen atoms in total. The minimum absolute atomic E-state index is 0.0442. The highest BCUT2D eigenvalue weighted by molar-refractivity contribution is 6.33. The molecule has 0 aliphatic rings. The molecular weight excluding hydrogens is 164 g/mol. The molecule has 1 N–H and O–H groups in total. The van der Waals surface area contributed by atoms with Crippen LogP contribution in [0.25, 0.3) is 4.85 Å². The summed E-state index contributed by atoms with van der Waals surface area (Å²) in [6, 6.07) is 1.55. The van der Waals surface area contributed by atoms with E-state index >= 15 is 0 Å². The van der Waals surface area contributed by atoms with E-state index in [1.54, 1.807) is 13.0 Å². The van der Waals surface area contributed by atoms with E-state index in [1.165, 1.54) is 0 Å². The lowest BCUT2D eigenvalue weighted by molar-refractivity contribution is 1.15. The Bertz CT molecular complexity index is 375. The molecule has 0 amide bonds. The molecule has 11 heavy (non-hydrogen) atoms. The first-order chi connectivity index (χ1) is 5.15. The number of nitrogens with one attached hydrogen (secondary N) is 1. The van der Waals surface area contributed by atoms with Crippen molar-refractivity contribution in [3.05, 3.63) is 38.6 Å². The highest BCUT2D eigenvalue weighted by Crippen LogP contribution is 2.19. The van der Waals surface area contributed by atoms with Gasteiger partial charge in [-0.3, -0.25) is 4.79 Å². The number of pyridine rings is 1. The average molecular weight is 169 g/mol. The van der Waals surface area contributed by atoms with E-state index in [1.807, 2.05) is 0 Å². The van der Waals surface area contributed by atoms with Gasteiger partial charge in [-0.25, -0.2) is 4.85 Å². The summed E-state index contributed by atoms with van der Waals surface area (Å²) in [6.07, 6.45) is 0. The van der Waals surface area contributed by atoms with E-state index in [0.717, 1.165) is 0 Å². The van der Waals surface area contributed by atoms with Crippen molar-refractivity contribution in [3.63, 3.8) is 0 Å². The van der Waals surface area contributed by atoms with Gasteiger partial charge in [0.15, 0.2) is 0 Å². The summed E-state index contributed by atoms with van der Waals surface area (Å²) >= 11 is 5.60. The standard InChI is InChI=1S/C7H5ClN2O/c1-4-3-5(8)6(9-2)7(11)10-4/h3H,1H3,(H,10,11). The number of aryl methyl sites for hydroxylation is 1. The molecule has 0 aliphatic carbocycles. The minimum atomic E-state index is -0.426. The van der Waals surface area contributed by atoms with Gasteiger partial charge in [-0.05, 0) is 13.0 Å². The van der Waals surface area contributed by atoms with Crippen molar-refractivity contribution in [1.82, 2.24) is 4.98 Å². The van der Waals surface area contributed by atoms with Gasteiger partial charge in [-0.15, -0.1) is 0 Å². The van der Waals surface area contributed by atoms with E-state index in [-0.39, 0.29) is 10.7 Å². The molecule has 0 atom stereocenters. The van der Waals surface area contributed by atoms with E-state index < -0.39 is 5.56 Å². The predicted molar refractivity (Wildman–Crippen MR) is 43.1 cm³/mol. The van der Waals surface area contributed by atoms with Gasteiger partial charge in [0, 0.05) is 5.69 Å². The molecule has 1 aromatic rings. The number of halogens is 1. The largest absolute Gasteiger partial charge is 0.335 e. The quantitative estimate of drug-likeness (QED) is 0.591. The van der Waals surface area contributed by atoms with E-state index in [2.05, 4.69) is 9.83 Å². The van der Waals surface area contributed by atoms with E-state index in [9.17, 15) is 4.79 Å². The summed E-state index contributed by atoms with van der Waals surface area (Å²) in [7, 11) is 0. The number of aromatic nitrogens is 1. The van der Waals surface area contributed by atoms with Crippen molar-refractivity contribution in [2.75, 3.05) is 0 Å². The first-order valence-electron chi connectivity index (χ1n) is 2.92. The first-order valence-corrected chi connectivity index (χ1v) is 3.30. The molecule has 1 rings (SSSR count). The second-order valence-corrected chi connectivity index (χ2v) is 2.50. The summed E-state index contributed by atoms with van der Waals surface area (Å²) < 4.78 is 0. The zero-order valence-corrected chi connectivity index (χ0v) is 6.57. The van der Waals surface area contributed by atoms with Crippen LogP contribution in [0.5, 0.6) is 0 Å². The maximum absolute atomic E-state index is 10.9. The van der Waals surface area contributed by atoms with Crippen LogP contribution in [0.15, 0.2) is 10.9 Å². The highest BCUT2D eigenvalue weighted by atomic mass is 35.5. The molecule has 0 unspecified atom stereocenters. The van der Waals surface area contributed by atoms with Crippen molar-refractivity contribution >= 4 is 17.3 Å². The van der Waals surface area contributed by atoms with Gasteiger partial charge in [0.1, 0.15) is 0 Å².